The highest BCUT2D eigenvalue weighted by molar-refractivity contribution is 7.91. The smallest absolute Gasteiger partial charge is 0.265 e. The van der Waals surface area contributed by atoms with E-state index in [0.717, 1.165) is 5.01 Å². The molecule has 1 aliphatic heterocycles. The van der Waals surface area contributed by atoms with Gasteiger partial charge in [-0.1, -0.05) is 13.8 Å². The largest absolute Gasteiger partial charge is 0.335 e. The summed E-state index contributed by atoms with van der Waals surface area (Å²) in [6.07, 6.45) is 2.79. The second-order valence-corrected chi connectivity index (χ2v) is 8.27. The van der Waals surface area contributed by atoms with Crippen molar-refractivity contribution >= 4 is 27.1 Å². The average Bonchev–Trinajstić information content (AvgIpc) is 2.60. The van der Waals surface area contributed by atoms with E-state index in [-0.39, 0.29) is 5.91 Å². The van der Waals surface area contributed by atoms with Crippen LogP contribution in [0.3, 0.4) is 0 Å². The van der Waals surface area contributed by atoms with Crippen LogP contribution in [0.2, 0.25) is 0 Å². The van der Waals surface area contributed by atoms with E-state index in [9.17, 15) is 13.2 Å². The van der Waals surface area contributed by atoms with Crippen LogP contribution >= 0.6 is 11.3 Å². The van der Waals surface area contributed by atoms with Crippen molar-refractivity contribution in [1.29, 1.82) is 0 Å². The second kappa shape index (κ2) is 4.62. The Labute approximate surface area is 111 Å². The standard InChI is InChI=1S/C11H16N2O3S2/c1-7(2)10-12-4-9(17-10)11(14)13-5-8(6-13)18(3,15)16/h4,7-8H,5-6H2,1-3H3. The summed E-state index contributed by atoms with van der Waals surface area (Å²) >= 11 is 1.38. The molecule has 0 N–H and O–H groups in total. The first-order valence-electron chi connectivity index (χ1n) is 5.73. The molecule has 1 aromatic rings. The SMILES string of the molecule is CC(C)c1ncc(C(=O)N2CC(S(C)(=O)=O)C2)s1. The predicted octanol–water partition coefficient (Wildman–Crippen LogP) is 1.14. The highest BCUT2D eigenvalue weighted by atomic mass is 32.2. The molecule has 0 spiro atoms. The molecular weight excluding hydrogens is 272 g/mol. The van der Waals surface area contributed by atoms with Crippen LogP contribution in [0.15, 0.2) is 6.20 Å². The van der Waals surface area contributed by atoms with Crippen molar-refractivity contribution < 1.29 is 13.2 Å². The minimum Gasteiger partial charge on any atom is -0.335 e. The number of likely N-dealkylation sites (tertiary alicyclic amines) is 1. The van der Waals surface area contributed by atoms with E-state index < -0.39 is 15.1 Å². The minimum atomic E-state index is -3.03. The first-order chi connectivity index (χ1) is 8.29. The first kappa shape index (κ1) is 13.5. The van der Waals surface area contributed by atoms with Crippen molar-refractivity contribution in [2.24, 2.45) is 0 Å². The maximum atomic E-state index is 12.0. The number of thiazole rings is 1. The Morgan fingerprint density at radius 2 is 2.11 bits per heavy atom. The van der Waals surface area contributed by atoms with E-state index in [1.807, 2.05) is 13.8 Å². The Kier molecular flexibility index (Phi) is 3.46. The third-order valence-corrected chi connectivity index (χ3v) is 5.76. The molecule has 1 aliphatic rings. The lowest BCUT2D eigenvalue weighted by atomic mass is 10.2. The maximum Gasteiger partial charge on any atom is 0.265 e. The van der Waals surface area contributed by atoms with Gasteiger partial charge in [-0.25, -0.2) is 13.4 Å². The van der Waals surface area contributed by atoms with Gasteiger partial charge >= 0.3 is 0 Å². The van der Waals surface area contributed by atoms with Gasteiger partial charge in [-0.05, 0) is 0 Å². The number of sulfone groups is 1. The fourth-order valence-electron chi connectivity index (χ4n) is 1.68. The van der Waals surface area contributed by atoms with Crippen LogP contribution in [0.5, 0.6) is 0 Å². The zero-order valence-corrected chi connectivity index (χ0v) is 12.2. The van der Waals surface area contributed by atoms with E-state index in [2.05, 4.69) is 4.98 Å². The Morgan fingerprint density at radius 1 is 1.50 bits per heavy atom. The number of aromatic nitrogens is 1. The lowest BCUT2D eigenvalue weighted by Gasteiger charge is -2.37. The number of amides is 1. The molecule has 0 unspecified atom stereocenters. The van der Waals surface area contributed by atoms with Gasteiger partial charge in [0.15, 0.2) is 9.84 Å². The summed E-state index contributed by atoms with van der Waals surface area (Å²) in [6, 6.07) is 0. The number of carbonyl (C=O) groups is 1. The molecule has 2 rings (SSSR count). The van der Waals surface area contributed by atoms with Crippen molar-refractivity contribution in [3.8, 4) is 0 Å². The molecule has 0 saturated carbocycles. The monoisotopic (exact) mass is 288 g/mol. The van der Waals surface area contributed by atoms with Crippen LogP contribution in [-0.2, 0) is 9.84 Å². The fourth-order valence-corrected chi connectivity index (χ4v) is 3.47. The topological polar surface area (TPSA) is 67.3 Å². The number of carbonyl (C=O) groups excluding carboxylic acids is 1. The normalized spacial score (nSPS) is 17.0. The molecule has 0 atom stereocenters. The van der Waals surface area contributed by atoms with Crippen LogP contribution in [-0.4, -0.2) is 48.8 Å². The lowest BCUT2D eigenvalue weighted by Crippen LogP contribution is -2.56. The van der Waals surface area contributed by atoms with Gasteiger partial charge in [-0.2, -0.15) is 0 Å². The third kappa shape index (κ3) is 2.56. The highest BCUT2D eigenvalue weighted by Gasteiger charge is 2.38. The fraction of sp³-hybridized carbons (Fsp3) is 0.636. The zero-order valence-electron chi connectivity index (χ0n) is 10.6. The quantitative estimate of drug-likeness (QED) is 0.836. The Balaban J connectivity index is 2.02. The van der Waals surface area contributed by atoms with Crippen LogP contribution in [0.25, 0.3) is 0 Å². The summed E-state index contributed by atoms with van der Waals surface area (Å²) in [7, 11) is -3.03. The van der Waals surface area contributed by atoms with Crippen molar-refractivity contribution in [3.63, 3.8) is 0 Å². The van der Waals surface area contributed by atoms with E-state index in [1.54, 1.807) is 11.1 Å². The molecule has 100 valence electrons. The summed E-state index contributed by atoms with van der Waals surface area (Å²) in [4.78, 5) is 18.4. The van der Waals surface area contributed by atoms with Gasteiger partial charge < -0.3 is 4.90 Å². The molecule has 18 heavy (non-hydrogen) atoms. The summed E-state index contributed by atoms with van der Waals surface area (Å²) in [5.41, 5.74) is 0. The summed E-state index contributed by atoms with van der Waals surface area (Å²) in [6.45, 7) is 4.64. The molecular formula is C11H16N2O3S2. The summed E-state index contributed by atoms with van der Waals surface area (Å²) in [5.74, 6) is 0.191. The first-order valence-corrected chi connectivity index (χ1v) is 8.50. The van der Waals surface area contributed by atoms with E-state index >= 15 is 0 Å². The lowest BCUT2D eigenvalue weighted by molar-refractivity contribution is 0.0664. The second-order valence-electron chi connectivity index (χ2n) is 4.88. The third-order valence-electron chi connectivity index (χ3n) is 2.97. The van der Waals surface area contributed by atoms with Gasteiger partial charge in [0.2, 0.25) is 0 Å². The summed E-state index contributed by atoms with van der Waals surface area (Å²) < 4.78 is 22.5. The molecule has 0 bridgehead atoms. The molecule has 5 nitrogen and oxygen atoms in total. The van der Waals surface area contributed by atoms with Gasteiger partial charge in [-0.15, -0.1) is 11.3 Å². The van der Waals surface area contributed by atoms with Crippen LogP contribution in [0.1, 0.15) is 34.4 Å². The van der Waals surface area contributed by atoms with Crippen molar-refractivity contribution in [1.82, 2.24) is 9.88 Å². The molecule has 0 aliphatic carbocycles. The van der Waals surface area contributed by atoms with Gasteiger partial charge in [-0.3, -0.25) is 4.79 Å². The van der Waals surface area contributed by atoms with Crippen molar-refractivity contribution in [2.45, 2.75) is 25.0 Å². The van der Waals surface area contributed by atoms with Gasteiger partial charge in [0.05, 0.1) is 16.5 Å². The number of hydrogen-bond donors (Lipinski definition) is 0. The molecule has 0 radical (unpaired) electrons. The average molecular weight is 288 g/mol. The van der Waals surface area contributed by atoms with E-state index in [4.69, 9.17) is 0 Å². The maximum absolute atomic E-state index is 12.0. The van der Waals surface area contributed by atoms with Gasteiger partial charge in [0, 0.05) is 25.3 Å². The molecule has 1 aromatic heterocycles. The number of hydrogen-bond acceptors (Lipinski definition) is 5. The minimum absolute atomic E-state index is 0.112. The molecule has 0 aromatic carbocycles. The molecule has 1 fully saturated rings. The number of nitrogens with zero attached hydrogens (tertiary/aromatic N) is 2. The van der Waals surface area contributed by atoms with E-state index in [0.29, 0.717) is 23.9 Å². The zero-order chi connectivity index (χ0) is 13.5. The van der Waals surface area contributed by atoms with Crippen LogP contribution in [0.4, 0.5) is 0 Å². The highest BCUT2D eigenvalue weighted by Crippen LogP contribution is 2.25. The molecule has 2 heterocycles. The van der Waals surface area contributed by atoms with Gasteiger partial charge in [0.25, 0.3) is 5.91 Å². The van der Waals surface area contributed by atoms with E-state index in [1.165, 1.54) is 17.6 Å². The molecule has 1 amide bonds. The van der Waals surface area contributed by atoms with Crippen LogP contribution < -0.4 is 0 Å². The summed E-state index contributed by atoms with van der Waals surface area (Å²) in [5, 5.41) is 0.525. The van der Waals surface area contributed by atoms with Crippen LogP contribution in [0, 0.1) is 0 Å². The van der Waals surface area contributed by atoms with Gasteiger partial charge in [0.1, 0.15) is 4.88 Å². The molecule has 1 saturated heterocycles. The Hall–Kier alpha value is -0.950. The number of rotatable bonds is 3. The Morgan fingerprint density at radius 3 is 2.56 bits per heavy atom. The Bertz CT molecular complexity index is 557. The predicted molar refractivity (Wildman–Crippen MR) is 70.7 cm³/mol. The van der Waals surface area contributed by atoms with Crippen molar-refractivity contribution in [2.75, 3.05) is 19.3 Å². The van der Waals surface area contributed by atoms with Crippen molar-refractivity contribution in [3.05, 3.63) is 16.1 Å². The molecule has 7 heteroatoms.